The van der Waals surface area contributed by atoms with E-state index in [0.29, 0.717) is 0 Å². The number of H-pyrrole nitrogens is 1. The maximum atomic E-state index is 14.7. The Morgan fingerprint density at radius 3 is 2.51 bits per heavy atom. The average Bonchev–Trinajstić information content (AvgIpc) is 3.39. The van der Waals surface area contributed by atoms with Gasteiger partial charge in [-0.05, 0) is 32.9 Å². The van der Waals surface area contributed by atoms with E-state index in [2.05, 4.69) is 9.97 Å². The molecule has 8 nitrogen and oxygen atoms in total. The number of rotatable bonds is 6. The van der Waals surface area contributed by atoms with Crippen LogP contribution in [0.4, 0.5) is 22.0 Å². The smallest absolute Gasteiger partial charge is 0.417 e. The van der Waals surface area contributed by atoms with Gasteiger partial charge in [-0.3, -0.25) is 4.79 Å². The number of halogens is 5. The molecule has 0 amide bonds. The molecular formula is C28H29F5N2O6. The number of aromatic nitrogens is 2. The summed E-state index contributed by atoms with van der Waals surface area (Å²) in [5, 5.41) is 0.0704. The van der Waals surface area contributed by atoms with Crippen LogP contribution in [0, 0.1) is 17.6 Å². The van der Waals surface area contributed by atoms with E-state index in [9.17, 15) is 26.7 Å². The summed E-state index contributed by atoms with van der Waals surface area (Å²) in [6, 6.07) is 4.56. The van der Waals surface area contributed by atoms with Crippen LogP contribution in [0.15, 0.2) is 35.3 Å². The zero-order chi connectivity index (χ0) is 29.9. The molecule has 2 aliphatic heterocycles. The number of nitrogens with one attached hydrogen (secondary N) is 1. The van der Waals surface area contributed by atoms with E-state index in [1.54, 1.807) is 13.8 Å². The second kappa shape index (κ2) is 10.2. The van der Waals surface area contributed by atoms with Crippen LogP contribution in [0.2, 0.25) is 0 Å². The van der Waals surface area contributed by atoms with E-state index < -0.39 is 64.4 Å². The molecule has 3 aromatic rings. The molecule has 1 unspecified atom stereocenters. The molecule has 222 valence electrons. The second-order valence-corrected chi connectivity index (χ2v) is 10.8. The molecule has 5 atom stereocenters. The number of fused-ring (bicyclic) bond motifs is 1. The van der Waals surface area contributed by atoms with Crippen molar-refractivity contribution in [3.05, 3.63) is 63.6 Å². The molecule has 2 fully saturated rings. The number of benzene rings is 1. The molecule has 0 saturated carbocycles. The lowest BCUT2D eigenvalue weighted by Crippen LogP contribution is -2.46. The average molecular weight is 585 g/mol. The summed E-state index contributed by atoms with van der Waals surface area (Å²) in [6.45, 7) is 6.04. The minimum absolute atomic E-state index is 0.00303. The molecule has 5 rings (SSSR count). The van der Waals surface area contributed by atoms with Gasteiger partial charge in [0.05, 0.1) is 19.2 Å². The lowest BCUT2D eigenvalue weighted by molar-refractivity contribution is -0.275. The van der Waals surface area contributed by atoms with Crippen molar-refractivity contribution < 1.29 is 45.6 Å². The first-order chi connectivity index (χ1) is 19.2. The first-order valence-electron chi connectivity index (χ1n) is 12.9. The molecule has 0 aliphatic carbocycles. The minimum Gasteiger partial charge on any atom is -0.493 e. The third kappa shape index (κ3) is 5.04. The fourth-order valence-electron chi connectivity index (χ4n) is 5.55. The molecule has 13 heteroatoms. The van der Waals surface area contributed by atoms with Crippen LogP contribution in [0.25, 0.3) is 10.9 Å². The van der Waals surface area contributed by atoms with Crippen LogP contribution in [-0.2, 0) is 14.2 Å². The van der Waals surface area contributed by atoms with Gasteiger partial charge in [0.15, 0.2) is 28.4 Å². The number of hydrogen-bond donors (Lipinski definition) is 1. The standard InChI is InChI=1S/C28H29F5N2O6/c1-13-20(15-6-7-16(29)22(30)23(15)37-5)24(41-27(13,4)28(31,32)33)18-10-19(36)21-17(35-18)8-9-34-25(21)38-11-14-12-39-26(2,3)40-14/h6-10,13-14,20,24H,11-12H2,1-5H3,(H,35,36)/t13-,14?,20-,24-,27+/m0/s1. The van der Waals surface area contributed by atoms with Gasteiger partial charge in [0.25, 0.3) is 0 Å². The van der Waals surface area contributed by atoms with Crippen molar-refractivity contribution in [3.63, 3.8) is 0 Å². The van der Waals surface area contributed by atoms with Crippen LogP contribution < -0.4 is 14.9 Å². The minimum atomic E-state index is -4.83. The quantitative estimate of drug-likeness (QED) is 0.380. The highest BCUT2D eigenvalue weighted by molar-refractivity contribution is 5.83. The highest BCUT2D eigenvalue weighted by Crippen LogP contribution is 2.59. The first-order valence-corrected chi connectivity index (χ1v) is 12.9. The van der Waals surface area contributed by atoms with Gasteiger partial charge in [-0.1, -0.05) is 13.0 Å². The maximum Gasteiger partial charge on any atom is 0.417 e. The van der Waals surface area contributed by atoms with E-state index in [1.165, 1.54) is 25.3 Å². The third-order valence-corrected chi connectivity index (χ3v) is 7.82. The van der Waals surface area contributed by atoms with Crippen LogP contribution in [0.1, 0.15) is 51.0 Å². The van der Waals surface area contributed by atoms with E-state index in [1.807, 2.05) is 0 Å². The molecule has 1 N–H and O–H groups in total. The topological polar surface area (TPSA) is 91.9 Å². The van der Waals surface area contributed by atoms with Gasteiger partial charge >= 0.3 is 6.18 Å². The van der Waals surface area contributed by atoms with Crippen molar-refractivity contribution in [1.29, 1.82) is 0 Å². The molecular weight excluding hydrogens is 555 g/mol. The Morgan fingerprint density at radius 2 is 1.88 bits per heavy atom. The Labute approximate surface area is 231 Å². The summed E-state index contributed by atoms with van der Waals surface area (Å²) >= 11 is 0. The van der Waals surface area contributed by atoms with Gasteiger partial charge in [0.1, 0.15) is 24.2 Å². The SMILES string of the molecule is COc1c([C@H]2[C@H](c3cc(=O)c4c(OCC5COC(C)(C)O5)nccc4[nH]3)O[C@@](C)(C(F)(F)F)[C@H]2C)ccc(F)c1F. The molecule has 0 bridgehead atoms. The third-order valence-electron chi connectivity index (χ3n) is 7.82. The van der Waals surface area contributed by atoms with Crippen molar-refractivity contribution in [2.45, 2.75) is 63.4 Å². The van der Waals surface area contributed by atoms with Gasteiger partial charge < -0.3 is 28.7 Å². The molecule has 0 spiro atoms. The number of alkyl halides is 3. The van der Waals surface area contributed by atoms with Crippen molar-refractivity contribution in [2.24, 2.45) is 5.92 Å². The van der Waals surface area contributed by atoms with Gasteiger partial charge in [-0.25, -0.2) is 9.37 Å². The highest BCUT2D eigenvalue weighted by atomic mass is 19.4. The summed E-state index contributed by atoms with van der Waals surface area (Å²) < 4.78 is 99.5. The van der Waals surface area contributed by atoms with E-state index in [0.717, 1.165) is 26.2 Å². The number of nitrogens with zero attached hydrogens (tertiary/aromatic N) is 1. The Kier molecular flexibility index (Phi) is 7.27. The lowest BCUT2D eigenvalue weighted by Gasteiger charge is -2.32. The second-order valence-electron chi connectivity index (χ2n) is 10.8. The van der Waals surface area contributed by atoms with Gasteiger partial charge in [-0.15, -0.1) is 0 Å². The predicted octanol–water partition coefficient (Wildman–Crippen LogP) is 5.55. The largest absolute Gasteiger partial charge is 0.493 e. The van der Waals surface area contributed by atoms with Gasteiger partial charge in [-0.2, -0.15) is 17.6 Å². The molecule has 4 heterocycles. The molecule has 1 aromatic carbocycles. The van der Waals surface area contributed by atoms with Crippen LogP contribution in [0.3, 0.4) is 0 Å². The lowest BCUT2D eigenvalue weighted by atomic mass is 9.76. The molecule has 2 aromatic heterocycles. The summed E-state index contributed by atoms with van der Waals surface area (Å²) in [5.74, 6) is -6.34. The molecule has 41 heavy (non-hydrogen) atoms. The number of hydrogen-bond acceptors (Lipinski definition) is 7. The monoisotopic (exact) mass is 584 g/mol. The summed E-state index contributed by atoms with van der Waals surface area (Å²) in [7, 11) is 1.09. The number of methoxy groups -OCH3 is 1. The Balaban J connectivity index is 1.57. The Bertz CT molecular complexity index is 1530. The van der Waals surface area contributed by atoms with Crippen LogP contribution >= 0.6 is 0 Å². The predicted molar refractivity (Wildman–Crippen MR) is 136 cm³/mol. The van der Waals surface area contributed by atoms with E-state index in [4.69, 9.17) is 23.7 Å². The Hall–Kier alpha value is -3.29. The fraction of sp³-hybridized carbons (Fsp3) is 0.500. The summed E-state index contributed by atoms with van der Waals surface area (Å²) in [6.07, 6.45) is -5.26. The van der Waals surface area contributed by atoms with E-state index >= 15 is 0 Å². The van der Waals surface area contributed by atoms with Crippen molar-refractivity contribution in [3.8, 4) is 11.6 Å². The molecule has 2 aliphatic rings. The normalized spacial score (nSPS) is 27.9. The molecule has 2 saturated heterocycles. The zero-order valence-electron chi connectivity index (χ0n) is 22.9. The number of pyridine rings is 2. The molecule has 0 radical (unpaired) electrons. The fourth-order valence-corrected chi connectivity index (χ4v) is 5.55. The summed E-state index contributed by atoms with van der Waals surface area (Å²) in [5.41, 5.74) is -3.07. The van der Waals surface area contributed by atoms with Crippen molar-refractivity contribution in [1.82, 2.24) is 9.97 Å². The van der Waals surface area contributed by atoms with Crippen LogP contribution in [0.5, 0.6) is 11.6 Å². The van der Waals surface area contributed by atoms with Crippen molar-refractivity contribution in [2.75, 3.05) is 20.3 Å². The van der Waals surface area contributed by atoms with Crippen LogP contribution in [-0.4, -0.2) is 54.0 Å². The number of ether oxygens (including phenoxy) is 5. The maximum absolute atomic E-state index is 14.7. The van der Waals surface area contributed by atoms with Gasteiger partial charge in [0.2, 0.25) is 11.7 Å². The summed E-state index contributed by atoms with van der Waals surface area (Å²) in [4.78, 5) is 20.5. The Morgan fingerprint density at radius 1 is 1.15 bits per heavy atom. The zero-order valence-corrected chi connectivity index (χ0v) is 22.9. The van der Waals surface area contributed by atoms with Gasteiger partial charge in [0, 0.05) is 35.4 Å². The highest BCUT2D eigenvalue weighted by Gasteiger charge is 2.65. The first kappa shape index (κ1) is 29.2. The van der Waals surface area contributed by atoms with E-state index in [-0.39, 0.29) is 41.3 Å². The number of aromatic amines is 1. The van der Waals surface area contributed by atoms with Crippen molar-refractivity contribution >= 4 is 10.9 Å².